The highest BCUT2D eigenvalue weighted by molar-refractivity contribution is 7.99. The average molecular weight is 496 g/mol. The maximum Gasteiger partial charge on any atom is 0.337 e. The molecule has 0 bridgehead atoms. The summed E-state index contributed by atoms with van der Waals surface area (Å²) in [6.45, 7) is 5.94. The van der Waals surface area contributed by atoms with Gasteiger partial charge >= 0.3 is 5.97 Å². The van der Waals surface area contributed by atoms with E-state index in [1.807, 2.05) is 46.0 Å². The van der Waals surface area contributed by atoms with Crippen LogP contribution in [0.25, 0.3) is 0 Å². The second kappa shape index (κ2) is 11.7. The van der Waals surface area contributed by atoms with E-state index in [0.29, 0.717) is 27.8 Å². The van der Waals surface area contributed by atoms with Crippen LogP contribution in [0.2, 0.25) is 0 Å². The van der Waals surface area contributed by atoms with Crippen molar-refractivity contribution in [3.63, 3.8) is 0 Å². The zero-order chi connectivity index (χ0) is 25.5. The summed E-state index contributed by atoms with van der Waals surface area (Å²) in [6.07, 6.45) is 0. The molecule has 10 heteroatoms. The molecule has 3 aromatic rings. The Morgan fingerprint density at radius 2 is 1.77 bits per heavy atom. The lowest BCUT2D eigenvalue weighted by atomic mass is 10.0. The first-order chi connectivity index (χ1) is 16.7. The Balaban J connectivity index is 1.63. The molecule has 0 unspecified atom stereocenters. The van der Waals surface area contributed by atoms with Crippen molar-refractivity contribution in [2.75, 3.05) is 18.2 Å². The summed E-state index contributed by atoms with van der Waals surface area (Å²) in [6, 6.07) is 13.5. The Bertz CT molecular complexity index is 1210. The standard InChI is InChI=1S/C25H29N5O4S/c1-15(2)21(27-23(32)18-8-6-7-16(3)13-18)22-28-29-25(30(22)4)35-14-20(31)26-19-11-9-17(10-12-19)24(33)34-5/h6-13,15,21H,14H2,1-5H3,(H,26,31)(H,27,32)/t21-/m1/s1. The van der Waals surface area contributed by atoms with Gasteiger partial charge in [0.1, 0.15) is 0 Å². The molecule has 0 radical (unpaired) electrons. The van der Waals surface area contributed by atoms with Crippen LogP contribution in [0, 0.1) is 12.8 Å². The van der Waals surface area contributed by atoms with Gasteiger partial charge in [0.05, 0.1) is 24.5 Å². The van der Waals surface area contributed by atoms with E-state index in [1.54, 1.807) is 34.9 Å². The maximum atomic E-state index is 12.8. The number of esters is 1. The number of thioether (sulfide) groups is 1. The molecule has 0 aliphatic rings. The number of anilines is 1. The van der Waals surface area contributed by atoms with Crippen molar-refractivity contribution in [3.05, 3.63) is 71.0 Å². The van der Waals surface area contributed by atoms with Gasteiger partial charge in [0.15, 0.2) is 11.0 Å². The van der Waals surface area contributed by atoms with Crippen LogP contribution in [0.15, 0.2) is 53.7 Å². The van der Waals surface area contributed by atoms with Gasteiger partial charge in [-0.3, -0.25) is 9.59 Å². The molecule has 2 aromatic carbocycles. The number of aryl methyl sites for hydroxylation is 1. The Kier molecular flexibility index (Phi) is 8.64. The van der Waals surface area contributed by atoms with Crippen molar-refractivity contribution in [3.8, 4) is 0 Å². The first kappa shape index (κ1) is 26.0. The van der Waals surface area contributed by atoms with Crippen LogP contribution in [-0.4, -0.2) is 45.4 Å². The zero-order valence-electron chi connectivity index (χ0n) is 20.4. The fourth-order valence-corrected chi connectivity index (χ4v) is 4.12. The van der Waals surface area contributed by atoms with Gasteiger partial charge in [-0.15, -0.1) is 10.2 Å². The molecule has 2 amide bonds. The van der Waals surface area contributed by atoms with Gasteiger partial charge in [0.2, 0.25) is 5.91 Å². The number of ether oxygens (including phenoxy) is 1. The number of hydrogen-bond donors (Lipinski definition) is 2. The molecule has 0 aliphatic carbocycles. The molecule has 1 aromatic heterocycles. The molecule has 35 heavy (non-hydrogen) atoms. The van der Waals surface area contributed by atoms with E-state index < -0.39 is 5.97 Å². The van der Waals surface area contributed by atoms with Crippen LogP contribution < -0.4 is 10.6 Å². The quantitative estimate of drug-likeness (QED) is 0.343. The average Bonchev–Trinajstić information content (AvgIpc) is 3.20. The molecule has 0 saturated carbocycles. The summed E-state index contributed by atoms with van der Waals surface area (Å²) in [5.41, 5.74) is 2.57. The molecule has 0 aliphatic heterocycles. The van der Waals surface area contributed by atoms with Crippen LogP contribution in [0.5, 0.6) is 0 Å². The zero-order valence-corrected chi connectivity index (χ0v) is 21.2. The topological polar surface area (TPSA) is 115 Å². The van der Waals surface area contributed by atoms with Crippen molar-refractivity contribution < 1.29 is 19.1 Å². The van der Waals surface area contributed by atoms with Crippen LogP contribution in [0.3, 0.4) is 0 Å². The van der Waals surface area contributed by atoms with Gasteiger partial charge in [-0.2, -0.15) is 0 Å². The first-order valence-electron chi connectivity index (χ1n) is 11.1. The molecule has 0 fully saturated rings. The fourth-order valence-electron chi connectivity index (χ4n) is 3.40. The molecule has 9 nitrogen and oxygen atoms in total. The highest BCUT2D eigenvalue weighted by atomic mass is 32.2. The molecule has 0 saturated heterocycles. The van der Waals surface area contributed by atoms with Gasteiger partial charge in [0, 0.05) is 18.3 Å². The molecule has 0 spiro atoms. The van der Waals surface area contributed by atoms with Crippen molar-refractivity contribution >= 4 is 35.2 Å². The van der Waals surface area contributed by atoms with E-state index >= 15 is 0 Å². The van der Waals surface area contributed by atoms with Gasteiger partial charge in [-0.25, -0.2) is 4.79 Å². The van der Waals surface area contributed by atoms with E-state index in [9.17, 15) is 14.4 Å². The van der Waals surface area contributed by atoms with Crippen LogP contribution in [0.4, 0.5) is 5.69 Å². The second-order valence-corrected chi connectivity index (χ2v) is 9.31. The summed E-state index contributed by atoms with van der Waals surface area (Å²) in [7, 11) is 3.13. The van der Waals surface area contributed by atoms with Crippen LogP contribution in [0.1, 0.15) is 52.0 Å². The molecule has 3 rings (SSSR count). The van der Waals surface area contributed by atoms with Gasteiger partial charge in [-0.05, 0) is 49.2 Å². The van der Waals surface area contributed by atoms with Gasteiger partial charge in [-0.1, -0.05) is 43.3 Å². The Labute approximate surface area is 208 Å². The third-order valence-electron chi connectivity index (χ3n) is 5.30. The number of rotatable bonds is 9. The molecule has 184 valence electrons. The monoisotopic (exact) mass is 495 g/mol. The highest BCUT2D eigenvalue weighted by Gasteiger charge is 2.25. The van der Waals surface area contributed by atoms with Crippen LogP contribution >= 0.6 is 11.8 Å². The van der Waals surface area contributed by atoms with E-state index in [1.165, 1.54) is 18.9 Å². The Morgan fingerprint density at radius 1 is 1.06 bits per heavy atom. The minimum absolute atomic E-state index is 0.0702. The van der Waals surface area contributed by atoms with Crippen molar-refractivity contribution in [1.82, 2.24) is 20.1 Å². The lowest BCUT2D eigenvalue weighted by Gasteiger charge is -2.21. The number of amides is 2. The van der Waals surface area contributed by atoms with Crippen molar-refractivity contribution in [2.45, 2.75) is 32.0 Å². The molecular weight excluding hydrogens is 466 g/mol. The number of hydrogen-bond acceptors (Lipinski definition) is 7. The summed E-state index contributed by atoms with van der Waals surface area (Å²) in [5.74, 6) is -0.0395. The lowest BCUT2D eigenvalue weighted by molar-refractivity contribution is -0.113. The van der Waals surface area contributed by atoms with E-state index in [0.717, 1.165) is 5.56 Å². The summed E-state index contributed by atoms with van der Waals surface area (Å²) >= 11 is 1.24. The number of methoxy groups -OCH3 is 1. The third-order valence-corrected chi connectivity index (χ3v) is 6.32. The number of carbonyl (C=O) groups excluding carboxylic acids is 3. The second-order valence-electron chi connectivity index (χ2n) is 8.37. The van der Waals surface area contributed by atoms with Gasteiger partial charge < -0.3 is 19.9 Å². The predicted molar refractivity (Wildman–Crippen MR) is 134 cm³/mol. The minimum Gasteiger partial charge on any atom is -0.465 e. The predicted octanol–water partition coefficient (Wildman–Crippen LogP) is 3.77. The number of carbonyl (C=O) groups is 3. The lowest BCUT2D eigenvalue weighted by Crippen LogP contribution is -2.33. The smallest absolute Gasteiger partial charge is 0.337 e. The number of benzene rings is 2. The third kappa shape index (κ3) is 6.69. The van der Waals surface area contributed by atoms with Crippen LogP contribution in [-0.2, 0) is 16.6 Å². The fraction of sp³-hybridized carbons (Fsp3) is 0.320. The largest absolute Gasteiger partial charge is 0.465 e. The number of aromatic nitrogens is 3. The minimum atomic E-state index is -0.439. The van der Waals surface area contributed by atoms with Gasteiger partial charge in [0.25, 0.3) is 5.91 Å². The van der Waals surface area contributed by atoms with E-state index in [2.05, 4.69) is 25.6 Å². The summed E-state index contributed by atoms with van der Waals surface area (Å²) < 4.78 is 6.47. The summed E-state index contributed by atoms with van der Waals surface area (Å²) in [4.78, 5) is 36.8. The maximum absolute atomic E-state index is 12.8. The normalized spacial score (nSPS) is 11.7. The van der Waals surface area contributed by atoms with E-state index in [4.69, 9.17) is 0 Å². The first-order valence-corrected chi connectivity index (χ1v) is 12.1. The highest BCUT2D eigenvalue weighted by Crippen LogP contribution is 2.25. The van der Waals surface area contributed by atoms with Crippen molar-refractivity contribution in [1.29, 1.82) is 0 Å². The molecular formula is C25H29N5O4S. The van der Waals surface area contributed by atoms with Crippen molar-refractivity contribution in [2.24, 2.45) is 13.0 Å². The number of nitrogens with one attached hydrogen (secondary N) is 2. The van der Waals surface area contributed by atoms with E-state index in [-0.39, 0.29) is 29.5 Å². The SMILES string of the molecule is COC(=O)c1ccc(NC(=O)CSc2nnc([C@H](NC(=O)c3cccc(C)c3)C(C)C)n2C)cc1. The Morgan fingerprint density at radius 3 is 2.40 bits per heavy atom. The molecule has 1 atom stereocenters. The number of nitrogens with zero attached hydrogens (tertiary/aromatic N) is 3. The molecule has 1 heterocycles. The molecule has 2 N–H and O–H groups in total. The Hall–Kier alpha value is -3.66. The summed E-state index contributed by atoms with van der Waals surface area (Å²) in [5, 5.41) is 14.9.